The van der Waals surface area contributed by atoms with E-state index in [2.05, 4.69) is 20.4 Å². The topological polar surface area (TPSA) is 56.5 Å². The number of aromatic nitrogens is 5. The van der Waals surface area contributed by atoms with Gasteiger partial charge < -0.3 is 0 Å². The molecule has 2 aromatic carbocycles. The first-order valence-corrected chi connectivity index (χ1v) is 8.84. The molecule has 0 fully saturated rings. The summed E-state index contributed by atoms with van der Waals surface area (Å²) in [6, 6.07) is 15.8. The van der Waals surface area contributed by atoms with Gasteiger partial charge in [-0.1, -0.05) is 48.0 Å². The Morgan fingerprint density at radius 1 is 1.09 bits per heavy atom. The summed E-state index contributed by atoms with van der Waals surface area (Å²) in [5.41, 5.74) is 1.95. The van der Waals surface area contributed by atoms with Crippen LogP contribution in [0.3, 0.4) is 0 Å². The highest BCUT2D eigenvalue weighted by Gasteiger charge is 2.11. The molecule has 0 aliphatic carbocycles. The van der Waals surface area contributed by atoms with Crippen molar-refractivity contribution in [2.24, 2.45) is 0 Å². The molecular weight excluding hydrogens is 350 g/mol. The van der Waals surface area contributed by atoms with E-state index in [0.29, 0.717) is 16.7 Å². The zero-order valence-corrected chi connectivity index (χ0v) is 14.1. The molecular formula is C15H10ClN5S2. The van der Waals surface area contributed by atoms with Crippen molar-refractivity contribution in [1.82, 2.24) is 25.2 Å². The molecule has 5 nitrogen and oxygen atoms in total. The van der Waals surface area contributed by atoms with E-state index >= 15 is 0 Å². The minimum atomic E-state index is 0.580. The van der Waals surface area contributed by atoms with Crippen LogP contribution in [0.1, 0.15) is 5.56 Å². The highest BCUT2D eigenvalue weighted by Crippen LogP contribution is 2.35. The van der Waals surface area contributed by atoms with E-state index in [1.807, 2.05) is 48.5 Å². The minimum absolute atomic E-state index is 0.580. The molecule has 0 saturated carbocycles. The van der Waals surface area contributed by atoms with Gasteiger partial charge in [-0.05, 0) is 34.7 Å². The molecule has 8 heteroatoms. The molecule has 2 heterocycles. The lowest BCUT2D eigenvalue weighted by atomic mass is 10.2. The number of para-hydroxylation sites is 1. The molecule has 0 aliphatic rings. The average Bonchev–Trinajstić information content (AvgIpc) is 3.16. The molecule has 0 bridgehead atoms. The monoisotopic (exact) mass is 359 g/mol. The van der Waals surface area contributed by atoms with Crippen molar-refractivity contribution >= 4 is 44.9 Å². The quantitative estimate of drug-likeness (QED) is 0.548. The summed E-state index contributed by atoms with van der Waals surface area (Å²) in [5, 5.41) is 13.8. The molecule has 0 amide bonds. The first kappa shape index (κ1) is 14.6. The summed E-state index contributed by atoms with van der Waals surface area (Å²) in [5.74, 6) is 0. The highest BCUT2D eigenvalue weighted by atomic mass is 35.5. The molecule has 23 heavy (non-hydrogen) atoms. The summed E-state index contributed by atoms with van der Waals surface area (Å²) in [7, 11) is 0. The second-order valence-electron chi connectivity index (χ2n) is 4.76. The van der Waals surface area contributed by atoms with Gasteiger partial charge in [-0.15, -0.1) is 21.5 Å². The zero-order chi connectivity index (χ0) is 15.6. The van der Waals surface area contributed by atoms with Crippen molar-refractivity contribution < 1.29 is 0 Å². The Bertz CT molecular complexity index is 951. The van der Waals surface area contributed by atoms with E-state index in [-0.39, 0.29) is 0 Å². The van der Waals surface area contributed by atoms with E-state index in [0.717, 1.165) is 20.1 Å². The number of hydrogen-bond acceptors (Lipinski definition) is 6. The zero-order valence-electron chi connectivity index (χ0n) is 11.8. The fourth-order valence-electron chi connectivity index (χ4n) is 2.10. The van der Waals surface area contributed by atoms with E-state index < -0.39 is 0 Å². The number of fused-ring (bicyclic) bond motifs is 1. The van der Waals surface area contributed by atoms with Crippen LogP contribution >= 0.6 is 34.7 Å². The molecule has 0 N–H and O–H groups in total. The minimum Gasteiger partial charge on any atom is -0.228 e. The van der Waals surface area contributed by atoms with Gasteiger partial charge in [-0.3, -0.25) is 0 Å². The number of halogens is 1. The van der Waals surface area contributed by atoms with Gasteiger partial charge in [0.2, 0.25) is 5.16 Å². The maximum atomic E-state index is 6.15. The third-order valence-electron chi connectivity index (χ3n) is 3.13. The molecule has 0 unspecified atom stereocenters. The van der Waals surface area contributed by atoms with Crippen LogP contribution in [0.5, 0.6) is 0 Å². The summed E-state index contributed by atoms with van der Waals surface area (Å²) in [6.45, 7) is 0.597. The Balaban J connectivity index is 1.53. The maximum Gasteiger partial charge on any atom is 0.238 e. The van der Waals surface area contributed by atoms with Crippen LogP contribution in [-0.4, -0.2) is 25.2 Å². The van der Waals surface area contributed by atoms with Gasteiger partial charge in [-0.25, -0.2) is 4.98 Å². The van der Waals surface area contributed by atoms with Crippen molar-refractivity contribution in [2.45, 2.75) is 16.0 Å². The van der Waals surface area contributed by atoms with Crippen LogP contribution in [0.2, 0.25) is 5.02 Å². The van der Waals surface area contributed by atoms with E-state index in [1.165, 1.54) is 11.8 Å². The molecule has 4 aromatic rings. The molecule has 0 radical (unpaired) electrons. The Hall–Kier alpha value is -1.96. The number of hydrogen-bond donors (Lipinski definition) is 0. The normalized spacial score (nSPS) is 11.2. The molecule has 114 valence electrons. The van der Waals surface area contributed by atoms with Gasteiger partial charge in [0.15, 0.2) is 4.34 Å². The summed E-state index contributed by atoms with van der Waals surface area (Å²) < 4.78 is 1.91. The second kappa shape index (κ2) is 6.27. The number of thiazole rings is 1. The largest absolute Gasteiger partial charge is 0.238 e. The molecule has 0 spiro atoms. The van der Waals surface area contributed by atoms with Gasteiger partial charge >= 0.3 is 0 Å². The van der Waals surface area contributed by atoms with Crippen LogP contribution in [-0.2, 0) is 6.54 Å². The smallest absolute Gasteiger partial charge is 0.228 e. The molecule has 0 atom stereocenters. The Kier molecular flexibility index (Phi) is 3.99. The lowest BCUT2D eigenvalue weighted by Gasteiger charge is -1.97. The number of rotatable bonds is 4. The Morgan fingerprint density at radius 3 is 2.78 bits per heavy atom. The van der Waals surface area contributed by atoms with Crippen molar-refractivity contribution in [3.63, 3.8) is 0 Å². The van der Waals surface area contributed by atoms with Crippen LogP contribution in [0.15, 0.2) is 58.0 Å². The third-order valence-corrected chi connectivity index (χ3v) is 5.36. The summed E-state index contributed by atoms with van der Waals surface area (Å²) >= 11 is 9.12. The number of tetrazole rings is 1. The van der Waals surface area contributed by atoms with Crippen LogP contribution in [0.25, 0.3) is 10.2 Å². The number of benzene rings is 2. The lowest BCUT2D eigenvalue weighted by molar-refractivity contribution is 0.569. The van der Waals surface area contributed by atoms with Crippen molar-refractivity contribution in [3.05, 3.63) is 59.1 Å². The standard InChI is InChI=1S/C15H10ClN5S2/c16-11-7-4-8-12-13(11)17-15(22-12)23-14-18-20-21(19-14)9-10-5-2-1-3-6-10/h1-8H,9H2. The van der Waals surface area contributed by atoms with Gasteiger partial charge in [0.05, 0.1) is 16.3 Å². The highest BCUT2D eigenvalue weighted by molar-refractivity contribution is 8.01. The fourth-order valence-corrected chi connectivity index (χ4v) is 4.26. The van der Waals surface area contributed by atoms with Gasteiger partial charge in [0, 0.05) is 0 Å². The van der Waals surface area contributed by atoms with E-state index in [1.54, 1.807) is 16.1 Å². The predicted molar refractivity (Wildman–Crippen MR) is 92.1 cm³/mol. The molecule has 4 rings (SSSR count). The average molecular weight is 360 g/mol. The van der Waals surface area contributed by atoms with Crippen LogP contribution in [0.4, 0.5) is 0 Å². The Morgan fingerprint density at radius 2 is 1.96 bits per heavy atom. The lowest BCUT2D eigenvalue weighted by Crippen LogP contribution is -2.03. The van der Waals surface area contributed by atoms with E-state index in [4.69, 9.17) is 11.6 Å². The van der Waals surface area contributed by atoms with Crippen molar-refractivity contribution in [1.29, 1.82) is 0 Å². The molecule has 0 aliphatic heterocycles. The summed E-state index contributed by atoms with van der Waals surface area (Å²) in [4.78, 5) is 6.11. The Labute approximate surface area is 145 Å². The van der Waals surface area contributed by atoms with Gasteiger partial charge in [0.1, 0.15) is 5.52 Å². The SMILES string of the molecule is Clc1cccc2sc(Sc3nnn(Cc4ccccc4)n3)nc12. The fraction of sp³-hybridized carbons (Fsp3) is 0.0667. The molecule has 2 aromatic heterocycles. The van der Waals surface area contributed by atoms with Gasteiger partial charge in [-0.2, -0.15) is 4.80 Å². The number of nitrogens with zero attached hydrogens (tertiary/aromatic N) is 5. The molecule has 0 saturated heterocycles. The van der Waals surface area contributed by atoms with Crippen LogP contribution in [0, 0.1) is 0 Å². The van der Waals surface area contributed by atoms with Gasteiger partial charge in [0.25, 0.3) is 0 Å². The second-order valence-corrected chi connectivity index (χ2v) is 7.41. The first-order chi connectivity index (χ1) is 11.3. The van der Waals surface area contributed by atoms with E-state index in [9.17, 15) is 0 Å². The van der Waals surface area contributed by atoms with Crippen molar-refractivity contribution in [2.75, 3.05) is 0 Å². The van der Waals surface area contributed by atoms with Crippen molar-refractivity contribution in [3.8, 4) is 0 Å². The van der Waals surface area contributed by atoms with Crippen LogP contribution < -0.4 is 0 Å². The maximum absolute atomic E-state index is 6.15. The predicted octanol–water partition coefficient (Wildman–Crippen LogP) is 4.14. The first-order valence-electron chi connectivity index (χ1n) is 6.82. The third kappa shape index (κ3) is 3.21. The summed E-state index contributed by atoms with van der Waals surface area (Å²) in [6.07, 6.45) is 0.